The van der Waals surface area contributed by atoms with Crippen LogP contribution in [0.15, 0.2) is 97.1 Å². The monoisotopic (exact) mass is 532 g/mol. The quantitative estimate of drug-likeness (QED) is 0.121. The van der Waals surface area contributed by atoms with Crippen molar-refractivity contribution in [3.8, 4) is 11.5 Å². The standard InChI is InChI=1S/C13H12O3.C10H14.C9H10O3.CH4/c1-2-4-11-7-12(6-5-10(11)3-1)16-15-9-13-8-14-13;1-3-9-5-7-10(4-2)8-6-9;1-2-4-8(5-3-1)12-11-7-9-6-10-9;/h1-7,13H,8-9H2;5-8H,3-4H2,1-2H3;1-5,9H,6-7H2;1H4. The lowest BCUT2D eigenvalue weighted by Crippen LogP contribution is -2.04. The van der Waals surface area contributed by atoms with Gasteiger partial charge in [0.25, 0.3) is 0 Å². The van der Waals surface area contributed by atoms with Gasteiger partial charge in [-0.05, 0) is 59.0 Å². The van der Waals surface area contributed by atoms with Crippen LogP contribution in [0.1, 0.15) is 32.4 Å². The maximum Gasteiger partial charge on any atom is 0.166 e. The molecule has 4 aromatic rings. The maximum atomic E-state index is 5.18. The van der Waals surface area contributed by atoms with Crippen LogP contribution < -0.4 is 9.78 Å². The predicted molar refractivity (Wildman–Crippen MR) is 155 cm³/mol. The molecule has 2 saturated heterocycles. The highest BCUT2D eigenvalue weighted by Gasteiger charge is 2.23. The first-order valence-corrected chi connectivity index (χ1v) is 13.2. The van der Waals surface area contributed by atoms with Crippen molar-refractivity contribution < 1.29 is 29.0 Å². The van der Waals surface area contributed by atoms with E-state index in [1.807, 2.05) is 66.7 Å². The zero-order chi connectivity index (χ0) is 26.4. The smallest absolute Gasteiger partial charge is 0.166 e. The molecule has 0 amide bonds. The normalized spacial score (nSPS) is 16.5. The molecule has 0 radical (unpaired) electrons. The molecule has 2 unspecified atom stereocenters. The lowest BCUT2D eigenvalue weighted by atomic mass is 10.1. The molecule has 6 nitrogen and oxygen atoms in total. The van der Waals surface area contributed by atoms with Gasteiger partial charge in [0.1, 0.15) is 25.4 Å². The minimum Gasteiger partial charge on any atom is -0.370 e. The van der Waals surface area contributed by atoms with E-state index in [4.69, 9.17) is 29.0 Å². The van der Waals surface area contributed by atoms with Crippen LogP contribution in [0.2, 0.25) is 0 Å². The number of hydrogen-bond acceptors (Lipinski definition) is 6. The molecular formula is C33H40O6. The van der Waals surface area contributed by atoms with E-state index in [0.717, 1.165) is 42.9 Å². The molecule has 6 rings (SSSR count). The van der Waals surface area contributed by atoms with Crippen LogP contribution >= 0.6 is 0 Å². The number of aryl methyl sites for hydroxylation is 2. The van der Waals surface area contributed by atoms with E-state index in [1.165, 1.54) is 16.5 Å². The van der Waals surface area contributed by atoms with E-state index in [1.54, 1.807) is 0 Å². The topological polar surface area (TPSA) is 62.0 Å². The second kappa shape index (κ2) is 16.5. The summed E-state index contributed by atoms with van der Waals surface area (Å²) in [6.07, 6.45) is 2.75. The van der Waals surface area contributed by atoms with Gasteiger partial charge in [-0.25, -0.2) is 0 Å². The highest BCUT2D eigenvalue weighted by Crippen LogP contribution is 2.21. The molecule has 6 heteroatoms. The number of fused-ring (bicyclic) bond motifs is 1. The number of ether oxygens (including phenoxy) is 2. The van der Waals surface area contributed by atoms with Crippen LogP contribution in [-0.2, 0) is 32.1 Å². The Morgan fingerprint density at radius 3 is 1.59 bits per heavy atom. The first kappa shape index (κ1) is 30.1. The number of epoxide rings is 2. The van der Waals surface area contributed by atoms with Crippen molar-refractivity contribution in [1.29, 1.82) is 0 Å². The van der Waals surface area contributed by atoms with Gasteiger partial charge in [0.2, 0.25) is 0 Å². The minimum atomic E-state index is 0. The Labute approximate surface area is 232 Å². The summed E-state index contributed by atoms with van der Waals surface area (Å²) in [4.78, 5) is 20.1. The number of para-hydroxylation sites is 1. The van der Waals surface area contributed by atoms with Crippen LogP contribution in [-0.4, -0.2) is 38.6 Å². The Balaban J connectivity index is 0.000000165. The van der Waals surface area contributed by atoms with Gasteiger partial charge < -0.3 is 19.2 Å². The second-order valence-electron chi connectivity index (χ2n) is 8.99. The molecule has 0 bridgehead atoms. The van der Waals surface area contributed by atoms with Crippen molar-refractivity contribution >= 4 is 10.8 Å². The second-order valence-corrected chi connectivity index (χ2v) is 8.99. The molecule has 39 heavy (non-hydrogen) atoms. The maximum absolute atomic E-state index is 5.18. The molecule has 0 spiro atoms. The summed E-state index contributed by atoms with van der Waals surface area (Å²) in [7, 11) is 0. The number of benzene rings is 4. The van der Waals surface area contributed by atoms with Crippen LogP contribution in [0, 0.1) is 0 Å². The highest BCUT2D eigenvalue weighted by atomic mass is 17.2. The van der Waals surface area contributed by atoms with E-state index in [2.05, 4.69) is 44.2 Å². The summed E-state index contributed by atoms with van der Waals surface area (Å²) in [5.41, 5.74) is 2.86. The Bertz CT molecular complexity index is 1180. The molecule has 208 valence electrons. The minimum absolute atomic E-state index is 0. The van der Waals surface area contributed by atoms with Gasteiger partial charge in [0, 0.05) is 0 Å². The fourth-order valence-corrected chi connectivity index (χ4v) is 3.39. The first-order valence-electron chi connectivity index (χ1n) is 13.2. The molecule has 0 N–H and O–H groups in total. The SMILES string of the molecule is C.CCc1ccc(CC)cc1.c1ccc(OOCC2CO2)cc1.c1ccc2cc(OOCC3CO3)ccc2c1. The van der Waals surface area contributed by atoms with Crippen molar-refractivity contribution in [2.75, 3.05) is 26.4 Å². The third-order valence-electron chi connectivity index (χ3n) is 5.93. The largest absolute Gasteiger partial charge is 0.370 e. The van der Waals surface area contributed by atoms with Crippen LogP contribution in [0.25, 0.3) is 10.8 Å². The molecule has 0 aromatic heterocycles. The molecule has 2 aliphatic rings. The van der Waals surface area contributed by atoms with Gasteiger partial charge in [-0.15, -0.1) is 0 Å². The average Bonchev–Trinajstić information content (AvgIpc) is 3.91. The third kappa shape index (κ3) is 11.5. The van der Waals surface area contributed by atoms with E-state index in [-0.39, 0.29) is 19.6 Å². The van der Waals surface area contributed by atoms with E-state index < -0.39 is 0 Å². The summed E-state index contributed by atoms with van der Waals surface area (Å²) < 4.78 is 9.95. The fourth-order valence-electron chi connectivity index (χ4n) is 3.39. The van der Waals surface area contributed by atoms with Crippen molar-refractivity contribution in [3.05, 3.63) is 108 Å². The number of hydrogen-bond donors (Lipinski definition) is 0. The number of rotatable bonds is 10. The third-order valence-corrected chi connectivity index (χ3v) is 5.93. The zero-order valence-corrected chi connectivity index (χ0v) is 22.1. The molecule has 0 aliphatic carbocycles. The Hall–Kier alpha value is -3.42. The first-order chi connectivity index (χ1) is 18.7. The van der Waals surface area contributed by atoms with Crippen LogP contribution in [0.4, 0.5) is 0 Å². The summed E-state index contributed by atoms with van der Waals surface area (Å²) in [6, 6.07) is 32.2. The average molecular weight is 533 g/mol. The van der Waals surface area contributed by atoms with E-state index in [9.17, 15) is 0 Å². The van der Waals surface area contributed by atoms with Gasteiger partial charge >= 0.3 is 0 Å². The molecule has 2 heterocycles. The van der Waals surface area contributed by atoms with Gasteiger partial charge in [-0.3, -0.25) is 0 Å². The summed E-state index contributed by atoms with van der Waals surface area (Å²) in [5.74, 6) is 1.44. The molecule has 0 saturated carbocycles. The van der Waals surface area contributed by atoms with Crippen LogP contribution in [0.5, 0.6) is 11.5 Å². The fraction of sp³-hybridized carbons (Fsp3) is 0.333. The van der Waals surface area contributed by atoms with Crippen LogP contribution in [0.3, 0.4) is 0 Å². The lowest BCUT2D eigenvalue weighted by Gasteiger charge is -2.04. The Morgan fingerprint density at radius 1 is 0.590 bits per heavy atom. The van der Waals surface area contributed by atoms with E-state index in [0.29, 0.717) is 13.2 Å². The summed E-state index contributed by atoms with van der Waals surface area (Å²) >= 11 is 0. The molecular weight excluding hydrogens is 492 g/mol. The van der Waals surface area contributed by atoms with Gasteiger partial charge in [-0.1, -0.05) is 94.1 Å². The summed E-state index contributed by atoms with van der Waals surface area (Å²) in [6.45, 7) is 6.93. The molecule has 2 fully saturated rings. The van der Waals surface area contributed by atoms with Gasteiger partial charge in [0.05, 0.1) is 13.2 Å². The molecule has 4 aromatic carbocycles. The molecule has 2 aliphatic heterocycles. The lowest BCUT2D eigenvalue weighted by molar-refractivity contribution is -0.209. The highest BCUT2D eigenvalue weighted by molar-refractivity contribution is 5.83. The van der Waals surface area contributed by atoms with E-state index >= 15 is 0 Å². The van der Waals surface area contributed by atoms with Crippen molar-refractivity contribution in [2.24, 2.45) is 0 Å². The van der Waals surface area contributed by atoms with Gasteiger partial charge in [-0.2, -0.15) is 9.78 Å². The summed E-state index contributed by atoms with van der Waals surface area (Å²) in [5, 5.41) is 2.34. The van der Waals surface area contributed by atoms with Gasteiger partial charge in [0.15, 0.2) is 11.5 Å². The van der Waals surface area contributed by atoms with Crippen molar-refractivity contribution in [1.82, 2.24) is 0 Å². The van der Waals surface area contributed by atoms with Crippen molar-refractivity contribution in [2.45, 2.75) is 46.3 Å². The van der Waals surface area contributed by atoms with Crippen molar-refractivity contribution in [3.63, 3.8) is 0 Å². The Kier molecular flexibility index (Phi) is 12.8. The zero-order valence-electron chi connectivity index (χ0n) is 22.1. The molecule has 2 atom stereocenters. The Morgan fingerprint density at radius 2 is 1.08 bits per heavy atom. The predicted octanol–water partition coefficient (Wildman–Crippen LogP) is 7.39.